The first-order valence-electron chi connectivity index (χ1n) is 9.65. The number of fused-ring (bicyclic) bond motifs is 1. The number of piperazine rings is 1. The number of rotatable bonds is 4. The first-order valence-corrected chi connectivity index (χ1v) is 10.5. The van der Waals surface area contributed by atoms with Crippen LogP contribution < -0.4 is 5.56 Å². The van der Waals surface area contributed by atoms with E-state index >= 15 is 0 Å². The molecule has 28 heavy (non-hydrogen) atoms. The Kier molecular flexibility index (Phi) is 5.33. The van der Waals surface area contributed by atoms with Crippen molar-refractivity contribution in [3.8, 4) is 0 Å². The number of nitrogens with zero attached hydrogens (tertiary/aromatic N) is 2. The van der Waals surface area contributed by atoms with E-state index in [2.05, 4.69) is 28.9 Å². The molecule has 3 heterocycles. The zero-order valence-corrected chi connectivity index (χ0v) is 17.1. The molecule has 4 rings (SSSR count). The van der Waals surface area contributed by atoms with Gasteiger partial charge in [0.25, 0.3) is 5.56 Å². The third-order valence-electron chi connectivity index (χ3n) is 5.39. The van der Waals surface area contributed by atoms with Gasteiger partial charge in [0, 0.05) is 43.2 Å². The minimum absolute atomic E-state index is 0.0179. The van der Waals surface area contributed by atoms with Gasteiger partial charge in [-0.25, -0.2) is 0 Å². The molecule has 1 fully saturated rings. The molecule has 1 amide bonds. The van der Waals surface area contributed by atoms with E-state index in [-0.39, 0.29) is 11.5 Å². The van der Waals surface area contributed by atoms with Gasteiger partial charge in [0.15, 0.2) is 0 Å². The molecule has 0 unspecified atom stereocenters. The average molecular weight is 396 g/mol. The first-order chi connectivity index (χ1) is 13.5. The Morgan fingerprint density at radius 3 is 2.64 bits per heavy atom. The number of thiophene rings is 1. The van der Waals surface area contributed by atoms with Crippen LogP contribution in [-0.2, 0) is 17.8 Å². The second-order valence-corrected chi connectivity index (χ2v) is 8.62. The highest BCUT2D eigenvalue weighted by molar-refractivity contribution is 7.10. The van der Waals surface area contributed by atoms with Gasteiger partial charge in [0.1, 0.15) is 0 Å². The van der Waals surface area contributed by atoms with Gasteiger partial charge in [-0.2, -0.15) is 0 Å². The predicted molar refractivity (Wildman–Crippen MR) is 114 cm³/mol. The molecule has 146 valence electrons. The summed E-state index contributed by atoms with van der Waals surface area (Å²) in [6, 6.07) is 10.2. The molecule has 1 aliphatic rings. The Morgan fingerprint density at radius 1 is 1.14 bits per heavy atom. The Bertz CT molecular complexity index is 1050. The van der Waals surface area contributed by atoms with Crippen LogP contribution in [0, 0.1) is 13.8 Å². The lowest BCUT2D eigenvalue weighted by molar-refractivity contribution is -0.132. The van der Waals surface area contributed by atoms with E-state index in [1.165, 1.54) is 5.56 Å². The van der Waals surface area contributed by atoms with E-state index in [0.29, 0.717) is 26.1 Å². The number of pyridine rings is 1. The highest BCUT2D eigenvalue weighted by Gasteiger charge is 2.22. The van der Waals surface area contributed by atoms with Gasteiger partial charge < -0.3 is 9.88 Å². The van der Waals surface area contributed by atoms with Crippen LogP contribution in [0.1, 0.15) is 21.6 Å². The smallest absolute Gasteiger partial charge is 0.252 e. The topological polar surface area (TPSA) is 56.4 Å². The van der Waals surface area contributed by atoms with Crippen LogP contribution in [-0.4, -0.2) is 46.9 Å². The Labute approximate surface area is 168 Å². The van der Waals surface area contributed by atoms with Crippen molar-refractivity contribution in [1.29, 1.82) is 0 Å². The fraction of sp³-hybridized carbons (Fsp3) is 0.364. The van der Waals surface area contributed by atoms with Gasteiger partial charge in [-0.1, -0.05) is 17.7 Å². The number of amides is 1. The van der Waals surface area contributed by atoms with E-state index < -0.39 is 0 Å². The van der Waals surface area contributed by atoms with Crippen LogP contribution in [0.3, 0.4) is 0 Å². The summed E-state index contributed by atoms with van der Waals surface area (Å²) in [4.78, 5) is 33.4. The van der Waals surface area contributed by atoms with Crippen molar-refractivity contribution in [3.63, 3.8) is 0 Å². The van der Waals surface area contributed by atoms with Gasteiger partial charge in [0.2, 0.25) is 5.91 Å². The summed E-state index contributed by atoms with van der Waals surface area (Å²) in [6.07, 6.45) is 0.487. The lowest BCUT2D eigenvalue weighted by atomic mass is 10.0. The largest absolute Gasteiger partial charge is 0.340 e. The minimum atomic E-state index is -0.0179. The molecule has 0 atom stereocenters. The Balaban J connectivity index is 1.41. The first kappa shape index (κ1) is 18.9. The quantitative estimate of drug-likeness (QED) is 0.739. The summed E-state index contributed by atoms with van der Waals surface area (Å²) in [7, 11) is 0. The van der Waals surface area contributed by atoms with Gasteiger partial charge in [-0.3, -0.25) is 14.5 Å². The van der Waals surface area contributed by atoms with Crippen LogP contribution >= 0.6 is 11.3 Å². The molecule has 0 spiro atoms. The zero-order chi connectivity index (χ0) is 19.7. The summed E-state index contributed by atoms with van der Waals surface area (Å²) in [5, 5.41) is 3.09. The molecule has 3 aromatic rings. The van der Waals surface area contributed by atoms with Crippen LogP contribution in [0.5, 0.6) is 0 Å². The number of aromatic amines is 1. The number of benzene rings is 1. The third kappa shape index (κ3) is 4.03. The normalized spacial score (nSPS) is 15.3. The molecule has 2 aromatic heterocycles. The van der Waals surface area contributed by atoms with Gasteiger partial charge >= 0.3 is 0 Å². The summed E-state index contributed by atoms with van der Waals surface area (Å²) in [5.74, 6) is 0.191. The molecule has 1 aromatic carbocycles. The van der Waals surface area contributed by atoms with Crippen molar-refractivity contribution in [3.05, 3.63) is 67.6 Å². The number of carbonyl (C=O) groups is 1. The van der Waals surface area contributed by atoms with Crippen LogP contribution in [0.4, 0.5) is 0 Å². The van der Waals surface area contributed by atoms with Gasteiger partial charge in [-0.15, -0.1) is 11.3 Å². The number of hydrogen-bond acceptors (Lipinski definition) is 4. The second kappa shape index (κ2) is 7.89. The van der Waals surface area contributed by atoms with Crippen molar-refractivity contribution in [2.75, 3.05) is 26.2 Å². The minimum Gasteiger partial charge on any atom is -0.340 e. The summed E-state index contributed by atoms with van der Waals surface area (Å²) in [5.41, 5.74) is 3.98. The summed E-state index contributed by atoms with van der Waals surface area (Å²) < 4.78 is 0. The molecular formula is C22H25N3O2S. The fourth-order valence-electron chi connectivity index (χ4n) is 3.92. The third-order valence-corrected chi connectivity index (χ3v) is 6.27. The van der Waals surface area contributed by atoms with E-state index in [1.807, 2.05) is 35.4 Å². The molecule has 0 saturated carbocycles. The number of H-pyrrole nitrogens is 1. The maximum atomic E-state index is 12.5. The van der Waals surface area contributed by atoms with E-state index in [4.69, 9.17) is 0 Å². The summed E-state index contributed by atoms with van der Waals surface area (Å²) in [6.45, 7) is 7.73. The molecule has 5 nitrogen and oxygen atoms in total. The molecular weight excluding hydrogens is 370 g/mol. The molecule has 0 radical (unpaired) electrons. The number of nitrogens with one attached hydrogen (secondary N) is 1. The van der Waals surface area contributed by atoms with E-state index in [0.717, 1.165) is 40.0 Å². The predicted octanol–water partition coefficient (Wildman–Crippen LogP) is 3.09. The maximum Gasteiger partial charge on any atom is 0.252 e. The monoisotopic (exact) mass is 395 g/mol. The van der Waals surface area contributed by atoms with Crippen molar-refractivity contribution in [2.45, 2.75) is 26.8 Å². The lowest BCUT2D eigenvalue weighted by Crippen LogP contribution is -2.49. The zero-order valence-electron chi connectivity index (χ0n) is 16.3. The molecule has 1 N–H and O–H groups in total. The molecule has 1 saturated heterocycles. The lowest BCUT2D eigenvalue weighted by Gasteiger charge is -2.34. The number of hydrogen-bond donors (Lipinski definition) is 1. The second-order valence-electron chi connectivity index (χ2n) is 7.58. The van der Waals surface area contributed by atoms with E-state index in [9.17, 15) is 9.59 Å². The standard InChI is InChI=1S/C22H25N3O2S/c1-15-10-16(2)21-17(11-15)12-18(22(27)23-21)14-24-5-7-25(8-6-24)20(26)13-19-4-3-9-28-19/h3-4,9-12H,5-8,13-14H2,1-2H3,(H,23,27). The Hall–Kier alpha value is -2.44. The molecule has 0 aliphatic carbocycles. The average Bonchev–Trinajstić information content (AvgIpc) is 3.16. The van der Waals surface area contributed by atoms with Crippen LogP contribution in [0.15, 0.2) is 40.5 Å². The molecule has 1 aliphatic heterocycles. The SMILES string of the molecule is Cc1cc(C)c2[nH]c(=O)c(CN3CCN(C(=O)Cc4cccs4)CC3)cc2c1. The summed E-state index contributed by atoms with van der Waals surface area (Å²) >= 11 is 1.63. The van der Waals surface area contributed by atoms with E-state index in [1.54, 1.807) is 11.3 Å². The van der Waals surface area contributed by atoms with Crippen LogP contribution in [0.25, 0.3) is 10.9 Å². The van der Waals surface area contributed by atoms with Crippen molar-refractivity contribution in [1.82, 2.24) is 14.8 Å². The number of aromatic nitrogens is 1. The number of carbonyl (C=O) groups excluding carboxylic acids is 1. The maximum absolute atomic E-state index is 12.5. The Morgan fingerprint density at radius 2 is 1.93 bits per heavy atom. The number of aryl methyl sites for hydroxylation is 2. The highest BCUT2D eigenvalue weighted by Crippen LogP contribution is 2.19. The van der Waals surface area contributed by atoms with Crippen molar-refractivity contribution >= 4 is 28.1 Å². The van der Waals surface area contributed by atoms with Crippen LogP contribution in [0.2, 0.25) is 0 Å². The van der Waals surface area contributed by atoms with Gasteiger partial charge in [0.05, 0.1) is 11.9 Å². The fourth-order valence-corrected chi connectivity index (χ4v) is 4.62. The highest BCUT2D eigenvalue weighted by atomic mass is 32.1. The van der Waals surface area contributed by atoms with Gasteiger partial charge in [-0.05, 0) is 48.4 Å². The molecule has 0 bridgehead atoms. The van der Waals surface area contributed by atoms with Crippen molar-refractivity contribution in [2.24, 2.45) is 0 Å². The molecule has 6 heteroatoms. The van der Waals surface area contributed by atoms with Crippen molar-refractivity contribution < 1.29 is 4.79 Å².